The lowest BCUT2D eigenvalue weighted by Gasteiger charge is -2.02. The molecule has 9 nitrogen and oxygen atoms in total. The van der Waals surface area contributed by atoms with Gasteiger partial charge in [0.2, 0.25) is 5.88 Å². The SMILES string of the molecule is [3H]n1ccc(OCc2cnsc2-n2nnn(C)c2=O)n1. The average molecular weight is 281 g/mol. The van der Waals surface area contributed by atoms with Crippen LogP contribution in [0.1, 0.15) is 5.56 Å². The Morgan fingerprint density at radius 3 is 3.16 bits per heavy atom. The molecule has 0 atom stereocenters. The molecular formula is C9H9N7O2S. The van der Waals surface area contributed by atoms with Crippen LogP contribution in [-0.4, -0.2) is 34.4 Å². The molecule has 10 heteroatoms. The van der Waals surface area contributed by atoms with Crippen LogP contribution in [0.25, 0.3) is 5.00 Å². The van der Waals surface area contributed by atoms with E-state index < -0.39 is 0 Å². The predicted octanol–water partition coefficient (Wildman–Crippen LogP) is -0.275. The summed E-state index contributed by atoms with van der Waals surface area (Å²) in [6.07, 6.45) is 3.05. The Labute approximate surface area is 112 Å². The van der Waals surface area contributed by atoms with Gasteiger partial charge in [0.15, 0.2) is 6.41 Å². The van der Waals surface area contributed by atoms with Crippen LogP contribution in [0.4, 0.5) is 0 Å². The molecule has 0 unspecified atom stereocenters. The Morgan fingerprint density at radius 2 is 2.47 bits per heavy atom. The van der Waals surface area contributed by atoms with Crippen LogP contribution in [-0.2, 0) is 13.7 Å². The minimum atomic E-state index is -0.356. The van der Waals surface area contributed by atoms with Gasteiger partial charge in [-0.15, -0.1) is 9.78 Å². The molecular weight excluding hydrogens is 270 g/mol. The highest BCUT2D eigenvalue weighted by molar-refractivity contribution is 7.08. The molecule has 3 aromatic heterocycles. The highest BCUT2D eigenvalue weighted by atomic mass is 32.1. The van der Waals surface area contributed by atoms with Gasteiger partial charge in [-0.25, -0.2) is 4.79 Å². The highest BCUT2D eigenvalue weighted by Crippen LogP contribution is 2.18. The first-order valence-corrected chi connectivity index (χ1v) is 6.03. The fraction of sp³-hybridized carbons (Fsp3) is 0.222. The summed E-state index contributed by atoms with van der Waals surface area (Å²) in [7, 11) is 1.52. The van der Waals surface area contributed by atoms with E-state index in [1.54, 1.807) is 12.3 Å². The molecule has 1 N–H and O–H groups in total. The van der Waals surface area contributed by atoms with Gasteiger partial charge in [-0.3, -0.25) is 5.09 Å². The van der Waals surface area contributed by atoms with Gasteiger partial charge in [0, 0.05) is 31.1 Å². The number of nitrogens with one attached hydrogen (secondary N) is 1. The lowest BCUT2D eigenvalue weighted by Crippen LogP contribution is -2.22. The highest BCUT2D eigenvalue weighted by Gasteiger charge is 2.14. The Balaban J connectivity index is 1.83. The van der Waals surface area contributed by atoms with Crippen LogP contribution in [0.5, 0.6) is 5.88 Å². The predicted molar refractivity (Wildman–Crippen MR) is 65.2 cm³/mol. The normalized spacial score (nSPS) is 11.5. The third kappa shape index (κ3) is 2.12. The summed E-state index contributed by atoms with van der Waals surface area (Å²) in [5.41, 5.74) is 0.336. The summed E-state index contributed by atoms with van der Waals surface area (Å²) in [6.45, 7) is 0.172. The van der Waals surface area contributed by atoms with Crippen molar-refractivity contribution in [2.45, 2.75) is 6.61 Å². The maximum absolute atomic E-state index is 11.8. The number of aryl methyl sites for hydroxylation is 1. The Hall–Kier alpha value is -2.49. The number of ether oxygens (including phenoxy) is 1. The third-order valence-corrected chi connectivity index (χ3v) is 3.17. The van der Waals surface area contributed by atoms with Gasteiger partial charge in [-0.2, -0.15) is 9.06 Å². The largest absolute Gasteiger partial charge is 0.472 e. The van der Waals surface area contributed by atoms with Crippen molar-refractivity contribution in [3.05, 3.63) is 34.5 Å². The number of nitrogens with zero attached hydrogens (tertiary/aromatic N) is 6. The number of aromatic amines is 1. The maximum atomic E-state index is 11.8. The Kier molecular flexibility index (Phi) is 2.55. The first-order chi connectivity index (χ1) is 9.65. The second-order valence-electron chi connectivity index (χ2n) is 3.61. The second-order valence-corrected chi connectivity index (χ2v) is 4.39. The van der Waals surface area contributed by atoms with Crippen LogP contribution in [0.3, 0.4) is 0 Å². The molecule has 0 radical (unpaired) electrons. The Morgan fingerprint density at radius 1 is 1.58 bits per heavy atom. The summed E-state index contributed by atoms with van der Waals surface area (Å²) in [5, 5.41) is 12.6. The molecule has 3 aromatic rings. The van der Waals surface area contributed by atoms with E-state index in [0.29, 0.717) is 16.4 Å². The van der Waals surface area contributed by atoms with Crippen molar-refractivity contribution in [2.75, 3.05) is 0 Å². The van der Waals surface area contributed by atoms with E-state index in [1.165, 1.54) is 17.9 Å². The average Bonchev–Trinajstić information content (AvgIpc) is 3.11. The minimum Gasteiger partial charge on any atom is -0.472 e. The molecule has 3 heterocycles. The van der Waals surface area contributed by atoms with Crippen LogP contribution in [0, 0.1) is 0 Å². The van der Waals surface area contributed by atoms with Gasteiger partial charge in [0.25, 0.3) is 0 Å². The molecule has 0 bridgehead atoms. The summed E-state index contributed by atoms with van der Waals surface area (Å²) in [6, 6.07) is 1.57. The molecule has 0 saturated carbocycles. The van der Waals surface area contributed by atoms with Gasteiger partial charge >= 0.3 is 5.69 Å². The van der Waals surface area contributed by atoms with Crippen molar-refractivity contribution in [3.8, 4) is 10.9 Å². The van der Waals surface area contributed by atoms with Crippen LogP contribution in [0.15, 0.2) is 23.3 Å². The fourth-order valence-corrected chi connectivity index (χ4v) is 2.12. The van der Waals surface area contributed by atoms with Crippen molar-refractivity contribution < 1.29 is 6.15 Å². The first kappa shape index (κ1) is 10.4. The van der Waals surface area contributed by atoms with E-state index in [9.17, 15) is 4.79 Å². The molecule has 0 aliphatic rings. The molecule has 19 heavy (non-hydrogen) atoms. The van der Waals surface area contributed by atoms with Gasteiger partial charge in [-0.05, 0) is 22.0 Å². The van der Waals surface area contributed by atoms with Crippen LogP contribution in [0.2, 0.25) is 1.41 Å². The molecule has 0 spiro atoms. The molecule has 0 fully saturated rings. The topological polar surface area (TPSA) is 104 Å². The van der Waals surface area contributed by atoms with E-state index in [2.05, 4.69) is 19.9 Å². The van der Waals surface area contributed by atoms with E-state index >= 15 is 0 Å². The van der Waals surface area contributed by atoms with E-state index in [1.807, 2.05) is 0 Å². The van der Waals surface area contributed by atoms with Gasteiger partial charge in [0.1, 0.15) is 6.61 Å². The number of tetrazole rings is 1. The van der Waals surface area contributed by atoms with E-state index in [4.69, 9.17) is 6.15 Å². The first-order valence-electron chi connectivity index (χ1n) is 5.70. The monoisotopic (exact) mass is 281 g/mol. The van der Waals surface area contributed by atoms with Crippen LogP contribution < -0.4 is 10.4 Å². The molecule has 3 rings (SSSR count). The van der Waals surface area contributed by atoms with Gasteiger partial charge in [-0.1, -0.05) is 0 Å². The zero-order valence-electron chi connectivity index (χ0n) is 10.8. The lowest BCUT2D eigenvalue weighted by atomic mass is 10.4. The number of rotatable bonds is 4. The van der Waals surface area contributed by atoms with Crippen molar-refractivity contribution in [1.29, 1.82) is 0 Å². The molecule has 0 saturated heterocycles. The van der Waals surface area contributed by atoms with Gasteiger partial charge < -0.3 is 4.74 Å². The van der Waals surface area contributed by atoms with Crippen molar-refractivity contribution in [2.24, 2.45) is 7.05 Å². The van der Waals surface area contributed by atoms with Crippen LogP contribution >= 0.6 is 11.5 Å². The number of hydrogen-bond donors (Lipinski definition) is 1. The molecule has 0 aromatic carbocycles. The number of aromatic nitrogens is 7. The van der Waals surface area contributed by atoms with E-state index in [-0.39, 0.29) is 12.3 Å². The van der Waals surface area contributed by atoms with Crippen molar-refractivity contribution in [1.82, 2.24) is 34.4 Å². The van der Waals surface area contributed by atoms with Gasteiger partial charge in [0.05, 0.1) is 0 Å². The molecule has 98 valence electrons. The van der Waals surface area contributed by atoms with Crippen molar-refractivity contribution in [3.63, 3.8) is 0 Å². The third-order valence-electron chi connectivity index (χ3n) is 2.35. The summed E-state index contributed by atoms with van der Waals surface area (Å²) in [5.74, 6) is 0.323. The van der Waals surface area contributed by atoms with Crippen molar-refractivity contribution >= 4 is 11.5 Å². The zero-order chi connectivity index (χ0) is 14.1. The molecule has 0 aliphatic heterocycles. The Bertz CT molecular complexity index is 788. The summed E-state index contributed by atoms with van der Waals surface area (Å²) >= 11 is 1.12. The molecule has 0 aliphatic carbocycles. The van der Waals surface area contributed by atoms with E-state index in [0.717, 1.165) is 21.3 Å². The maximum Gasteiger partial charge on any atom is 0.369 e. The smallest absolute Gasteiger partial charge is 0.369 e. The second kappa shape index (κ2) is 4.65. The molecule has 0 amide bonds. The quantitative estimate of drug-likeness (QED) is 0.705. The standard InChI is InChI=1S/C9H9N7O2S/c1-15-9(17)16(14-13-15)8-6(4-11-19-8)5-18-7-2-3-10-12-7/h2-4H,5H2,1H3,(H,10,12)/i/hT. The minimum absolute atomic E-state index is 0.172. The fourth-order valence-electron chi connectivity index (χ4n) is 1.42. The number of hydrogen-bond acceptors (Lipinski definition) is 7. The lowest BCUT2D eigenvalue weighted by molar-refractivity contribution is 0.293. The number of H-pyrrole nitrogens is 1. The summed E-state index contributed by atoms with van der Waals surface area (Å²) in [4.78, 5) is 11.8. The zero-order valence-corrected chi connectivity index (χ0v) is 10.6. The summed E-state index contributed by atoms with van der Waals surface area (Å²) < 4.78 is 19.0.